The van der Waals surface area contributed by atoms with Crippen LogP contribution in [0.15, 0.2) is 12.7 Å². The van der Waals surface area contributed by atoms with E-state index in [0.29, 0.717) is 0 Å². The largest absolute Gasteiger partial charge is 0.480 e. The van der Waals surface area contributed by atoms with E-state index in [2.05, 4.69) is 33.2 Å². The highest BCUT2D eigenvalue weighted by Gasteiger charge is 2.25. The van der Waals surface area contributed by atoms with E-state index in [1.165, 1.54) is 27.7 Å². The monoisotopic (exact) mass is 413 g/mol. The van der Waals surface area contributed by atoms with E-state index in [4.69, 9.17) is 5.11 Å². The summed E-state index contributed by atoms with van der Waals surface area (Å²) in [7, 11) is 0. The molecule has 0 aliphatic carbocycles. The first-order valence-corrected chi connectivity index (χ1v) is 8.72. The van der Waals surface area contributed by atoms with Crippen LogP contribution in [0.3, 0.4) is 0 Å². The van der Waals surface area contributed by atoms with Gasteiger partial charge in [-0.2, -0.15) is 0 Å². The van der Waals surface area contributed by atoms with Crippen molar-refractivity contribution in [3.8, 4) is 0 Å². The lowest BCUT2D eigenvalue weighted by Crippen LogP contribution is -2.56. The van der Waals surface area contributed by atoms with Gasteiger partial charge in [0.25, 0.3) is 0 Å². The van der Waals surface area contributed by atoms with Crippen LogP contribution in [0, 0.1) is 0 Å². The molecule has 0 rings (SSSR count). The average molecular weight is 413 g/mol. The zero-order valence-corrected chi connectivity index (χ0v) is 16.7. The second-order valence-electron chi connectivity index (χ2n) is 6.24. The summed E-state index contributed by atoms with van der Waals surface area (Å²) in [4.78, 5) is 69.4. The molecule has 0 heterocycles. The van der Waals surface area contributed by atoms with E-state index in [1.54, 1.807) is 0 Å². The number of nitrogens with one attached hydrogen (secondary N) is 5. The van der Waals surface area contributed by atoms with Crippen LogP contribution in [0.5, 0.6) is 0 Å². The summed E-state index contributed by atoms with van der Waals surface area (Å²) in [5.74, 6) is -4.42. The summed E-state index contributed by atoms with van der Waals surface area (Å²) in [6, 6.07) is -3.96. The van der Waals surface area contributed by atoms with Crippen LogP contribution in [0.1, 0.15) is 27.7 Å². The first kappa shape index (κ1) is 25.6. The van der Waals surface area contributed by atoms with E-state index >= 15 is 0 Å². The summed E-state index contributed by atoms with van der Waals surface area (Å²) in [6.45, 7) is 8.21. The van der Waals surface area contributed by atoms with Crippen molar-refractivity contribution in [1.29, 1.82) is 0 Å². The van der Waals surface area contributed by atoms with E-state index in [-0.39, 0.29) is 0 Å². The third-order valence-electron chi connectivity index (χ3n) is 3.61. The predicted octanol–water partition coefficient (Wildman–Crippen LogP) is -2.61. The van der Waals surface area contributed by atoms with E-state index in [1.807, 2.05) is 0 Å². The number of carbonyl (C=O) groups is 6. The molecule has 162 valence electrons. The van der Waals surface area contributed by atoms with Crippen LogP contribution >= 0.6 is 0 Å². The molecule has 0 aromatic heterocycles. The minimum Gasteiger partial charge on any atom is -0.480 e. The van der Waals surface area contributed by atoms with Crippen molar-refractivity contribution in [2.75, 3.05) is 6.54 Å². The molecular formula is C17H27N5O7. The van der Waals surface area contributed by atoms with Crippen molar-refractivity contribution < 1.29 is 33.9 Å². The smallest absolute Gasteiger partial charge is 0.322 e. The van der Waals surface area contributed by atoms with Crippen molar-refractivity contribution in [2.45, 2.75) is 51.9 Å². The van der Waals surface area contributed by atoms with Gasteiger partial charge >= 0.3 is 5.97 Å². The summed E-state index contributed by atoms with van der Waals surface area (Å²) in [5, 5.41) is 20.1. The maximum absolute atomic E-state index is 12.1. The zero-order valence-electron chi connectivity index (χ0n) is 16.7. The molecule has 0 fully saturated rings. The Morgan fingerprint density at radius 2 is 1.07 bits per heavy atom. The quantitative estimate of drug-likeness (QED) is 0.201. The molecule has 12 nitrogen and oxygen atoms in total. The number of carbonyl (C=O) groups excluding carboxylic acids is 5. The third kappa shape index (κ3) is 9.89. The number of carboxylic acid groups (broad SMARTS) is 1. The lowest BCUT2D eigenvalue weighted by atomic mass is 10.2. The molecule has 0 aliphatic rings. The van der Waals surface area contributed by atoms with Gasteiger partial charge in [-0.3, -0.25) is 28.8 Å². The predicted molar refractivity (Wildman–Crippen MR) is 101 cm³/mol. The molecule has 0 saturated heterocycles. The molecule has 6 N–H and O–H groups in total. The zero-order chi connectivity index (χ0) is 22.7. The molecule has 0 bridgehead atoms. The van der Waals surface area contributed by atoms with Crippen LogP contribution in [-0.2, 0) is 28.8 Å². The maximum atomic E-state index is 12.1. The molecule has 4 atom stereocenters. The Morgan fingerprint density at radius 1 is 0.724 bits per heavy atom. The second kappa shape index (κ2) is 12.1. The summed E-state index contributed by atoms with van der Waals surface area (Å²) in [5.41, 5.74) is 0. The Kier molecular flexibility index (Phi) is 10.7. The van der Waals surface area contributed by atoms with E-state index < -0.39 is 66.2 Å². The number of hydrogen-bond donors (Lipinski definition) is 6. The highest BCUT2D eigenvalue weighted by molar-refractivity contribution is 5.96. The summed E-state index contributed by atoms with van der Waals surface area (Å²) in [6.07, 6.45) is 1.00. The Hall–Kier alpha value is -3.44. The SMILES string of the molecule is C=CC(=O)N[C@@H](C)C(=O)N[C@@H](C)C(=O)N[C@@H](C)C(=O)N[C@@H](C)C(=O)NCC(=O)O. The first-order valence-electron chi connectivity index (χ1n) is 8.72. The molecular weight excluding hydrogens is 386 g/mol. The normalized spacial score (nSPS) is 14.2. The van der Waals surface area contributed by atoms with Crippen molar-refractivity contribution in [3.05, 3.63) is 12.7 Å². The van der Waals surface area contributed by atoms with Gasteiger partial charge in [0.2, 0.25) is 29.5 Å². The van der Waals surface area contributed by atoms with Gasteiger partial charge in [0.15, 0.2) is 0 Å². The lowest BCUT2D eigenvalue weighted by molar-refractivity contribution is -0.138. The van der Waals surface area contributed by atoms with Gasteiger partial charge in [-0.25, -0.2) is 0 Å². The number of carboxylic acids is 1. The van der Waals surface area contributed by atoms with Gasteiger partial charge in [-0.05, 0) is 33.8 Å². The highest BCUT2D eigenvalue weighted by Crippen LogP contribution is 1.92. The van der Waals surface area contributed by atoms with Crippen LogP contribution in [0.4, 0.5) is 0 Å². The molecule has 0 aromatic carbocycles. The van der Waals surface area contributed by atoms with Crippen molar-refractivity contribution in [3.63, 3.8) is 0 Å². The fourth-order valence-corrected chi connectivity index (χ4v) is 1.87. The molecule has 29 heavy (non-hydrogen) atoms. The van der Waals surface area contributed by atoms with Gasteiger partial charge in [-0.1, -0.05) is 6.58 Å². The standard InChI is InChI=1S/C17H27N5O7/c1-6-12(23)19-9(3)15(27)21-11(5)17(29)22-10(4)16(28)20-8(2)14(26)18-7-13(24)25/h6,8-11H,1,7H2,2-5H3,(H,18,26)(H,19,23)(H,20,28)(H,21,27)(H,22,29)(H,24,25)/t8-,9-,10-,11-/m0/s1. The van der Waals surface area contributed by atoms with Crippen LogP contribution < -0.4 is 26.6 Å². The molecule has 5 amide bonds. The molecule has 0 aliphatic heterocycles. The Balaban J connectivity index is 4.55. The minimum atomic E-state index is -1.23. The van der Waals surface area contributed by atoms with Crippen LogP contribution in [0.25, 0.3) is 0 Å². The summed E-state index contributed by atoms with van der Waals surface area (Å²) < 4.78 is 0. The number of aliphatic carboxylic acids is 1. The topological polar surface area (TPSA) is 183 Å². The van der Waals surface area contributed by atoms with E-state index in [0.717, 1.165) is 6.08 Å². The van der Waals surface area contributed by atoms with Crippen LogP contribution in [0.2, 0.25) is 0 Å². The third-order valence-corrected chi connectivity index (χ3v) is 3.61. The molecule has 12 heteroatoms. The maximum Gasteiger partial charge on any atom is 0.322 e. The molecule has 0 aromatic rings. The Bertz CT molecular complexity index is 679. The van der Waals surface area contributed by atoms with Gasteiger partial charge in [0.05, 0.1) is 0 Å². The highest BCUT2D eigenvalue weighted by atomic mass is 16.4. The van der Waals surface area contributed by atoms with E-state index in [9.17, 15) is 28.8 Å². The molecule has 0 saturated carbocycles. The Labute approximate surface area is 167 Å². The lowest BCUT2D eigenvalue weighted by Gasteiger charge is -2.21. The fraction of sp³-hybridized carbons (Fsp3) is 0.529. The van der Waals surface area contributed by atoms with Gasteiger partial charge in [0, 0.05) is 0 Å². The average Bonchev–Trinajstić information content (AvgIpc) is 2.64. The molecule has 0 unspecified atom stereocenters. The van der Waals surface area contributed by atoms with Crippen molar-refractivity contribution in [1.82, 2.24) is 26.6 Å². The van der Waals surface area contributed by atoms with Gasteiger partial charge in [-0.15, -0.1) is 0 Å². The van der Waals surface area contributed by atoms with Crippen molar-refractivity contribution in [2.24, 2.45) is 0 Å². The molecule has 0 radical (unpaired) electrons. The summed E-state index contributed by atoms with van der Waals surface area (Å²) >= 11 is 0. The number of amides is 5. The number of rotatable bonds is 11. The van der Waals surface area contributed by atoms with Gasteiger partial charge < -0.3 is 31.7 Å². The van der Waals surface area contributed by atoms with Crippen molar-refractivity contribution >= 4 is 35.5 Å². The molecule has 0 spiro atoms. The van der Waals surface area contributed by atoms with Crippen LogP contribution in [-0.4, -0.2) is 71.3 Å². The minimum absolute atomic E-state index is 0.545. The second-order valence-corrected chi connectivity index (χ2v) is 6.24. The number of hydrogen-bond acceptors (Lipinski definition) is 6. The Morgan fingerprint density at radius 3 is 1.41 bits per heavy atom. The fourth-order valence-electron chi connectivity index (χ4n) is 1.87. The first-order chi connectivity index (χ1) is 13.4. The van der Waals surface area contributed by atoms with Gasteiger partial charge in [0.1, 0.15) is 30.7 Å².